The van der Waals surface area contributed by atoms with Crippen molar-refractivity contribution in [2.75, 3.05) is 11.9 Å². The lowest BCUT2D eigenvalue weighted by Gasteiger charge is -2.25. The number of nitrogens with zero attached hydrogens (tertiary/aromatic N) is 2. The molecular formula is C20H19N3OS2. The molecule has 0 spiro atoms. The largest absolute Gasteiger partial charge is 0.298 e. The van der Waals surface area contributed by atoms with Crippen LogP contribution in [-0.2, 0) is 24.3 Å². The molecule has 1 amide bonds. The number of anilines is 1. The highest BCUT2D eigenvalue weighted by Gasteiger charge is 2.21. The van der Waals surface area contributed by atoms with E-state index in [2.05, 4.69) is 39.5 Å². The molecule has 2 aromatic heterocycles. The molecule has 0 fully saturated rings. The molecule has 0 saturated carbocycles. The molecule has 0 saturated heterocycles. The molecule has 3 aromatic rings. The molecule has 0 atom stereocenters. The number of hydrogen-bond donors (Lipinski definition) is 1. The normalized spacial score (nSPS) is 14.5. The van der Waals surface area contributed by atoms with E-state index < -0.39 is 0 Å². The minimum absolute atomic E-state index is 0.134. The molecule has 3 heterocycles. The van der Waals surface area contributed by atoms with Crippen molar-refractivity contribution in [3.63, 3.8) is 0 Å². The number of amides is 1. The van der Waals surface area contributed by atoms with E-state index in [9.17, 15) is 4.79 Å². The van der Waals surface area contributed by atoms with Crippen molar-refractivity contribution in [3.05, 3.63) is 74.9 Å². The maximum absolute atomic E-state index is 12.1. The average Bonchev–Trinajstić information content (AvgIpc) is 3.29. The van der Waals surface area contributed by atoms with Gasteiger partial charge in [0, 0.05) is 41.9 Å². The zero-order valence-electron chi connectivity index (χ0n) is 14.2. The van der Waals surface area contributed by atoms with Gasteiger partial charge in [-0.3, -0.25) is 15.0 Å². The predicted octanol–water partition coefficient (Wildman–Crippen LogP) is 4.41. The number of rotatable bonds is 5. The number of carbonyl (C=O) groups excluding carboxylic acids is 1. The van der Waals surface area contributed by atoms with Crippen LogP contribution in [0.3, 0.4) is 0 Å². The van der Waals surface area contributed by atoms with E-state index in [0.717, 1.165) is 36.6 Å². The van der Waals surface area contributed by atoms with Crippen molar-refractivity contribution in [2.24, 2.45) is 0 Å². The molecule has 6 heteroatoms. The number of thiazole rings is 1. The van der Waals surface area contributed by atoms with Crippen molar-refractivity contribution in [3.8, 4) is 0 Å². The Bertz CT molecular complexity index is 901. The molecule has 0 bridgehead atoms. The lowest BCUT2D eigenvalue weighted by Crippen LogP contribution is -2.29. The van der Waals surface area contributed by atoms with E-state index in [1.807, 2.05) is 29.7 Å². The lowest BCUT2D eigenvalue weighted by atomic mass is 10.1. The average molecular weight is 382 g/mol. The summed E-state index contributed by atoms with van der Waals surface area (Å²) in [7, 11) is 0. The standard InChI is InChI=1S/C20H19N3OS2/c24-19(9-8-16-7-4-12-25-16)22-20-21-17-10-11-23(14-18(17)26-20)13-15-5-2-1-3-6-15/h1-9,12H,10-11,13-14H2,(H,21,22,24)/b9-8+. The van der Waals surface area contributed by atoms with Gasteiger partial charge in [-0.05, 0) is 23.1 Å². The molecular weight excluding hydrogens is 362 g/mol. The van der Waals surface area contributed by atoms with Gasteiger partial charge in [0.15, 0.2) is 5.13 Å². The summed E-state index contributed by atoms with van der Waals surface area (Å²) in [6, 6.07) is 14.5. The summed E-state index contributed by atoms with van der Waals surface area (Å²) in [5, 5.41) is 5.58. The van der Waals surface area contributed by atoms with Gasteiger partial charge in [0.2, 0.25) is 5.91 Å². The van der Waals surface area contributed by atoms with Crippen molar-refractivity contribution >= 4 is 39.8 Å². The first-order valence-corrected chi connectivity index (χ1v) is 10.2. The van der Waals surface area contributed by atoms with Crippen LogP contribution in [0.5, 0.6) is 0 Å². The Kier molecular flexibility index (Phi) is 5.24. The van der Waals surface area contributed by atoms with Crippen molar-refractivity contribution in [1.82, 2.24) is 9.88 Å². The third kappa shape index (κ3) is 4.27. The number of carbonyl (C=O) groups is 1. The van der Waals surface area contributed by atoms with Crippen LogP contribution in [0.15, 0.2) is 53.9 Å². The van der Waals surface area contributed by atoms with Gasteiger partial charge in [0.25, 0.3) is 0 Å². The van der Waals surface area contributed by atoms with Gasteiger partial charge in [0.1, 0.15) is 0 Å². The topological polar surface area (TPSA) is 45.2 Å². The summed E-state index contributed by atoms with van der Waals surface area (Å²) in [5.74, 6) is -0.134. The molecule has 1 aliphatic heterocycles. The van der Waals surface area contributed by atoms with Crippen LogP contribution in [0.25, 0.3) is 6.08 Å². The van der Waals surface area contributed by atoms with Crippen LogP contribution >= 0.6 is 22.7 Å². The van der Waals surface area contributed by atoms with E-state index in [1.165, 1.54) is 10.4 Å². The summed E-state index contributed by atoms with van der Waals surface area (Å²) in [6.45, 7) is 2.84. The Labute approximate surface area is 160 Å². The molecule has 0 unspecified atom stereocenters. The van der Waals surface area contributed by atoms with Gasteiger partial charge < -0.3 is 0 Å². The molecule has 0 aliphatic carbocycles. The van der Waals surface area contributed by atoms with E-state index in [1.54, 1.807) is 28.7 Å². The molecule has 1 aliphatic rings. The third-order valence-corrected chi connectivity index (χ3v) is 6.07. The minimum atomic E-state index is -0.134. The second-order valence-electron chi connectivity index (χ2n) is 6.17. The van der Waals surface area contributed by atoms with Gasteiger partial charge >= 0.3 is 0 Å². The maximum Gasteiger partial charge on any atom is 0.250 e. The molecule has 4 nitrogen and oxygen atoms in total. The smallest absolute Gasteiger partial charge is 0.250 e. The first-order valence-electron chi connectivity index (χ1n) is 8.54. The fourth-order valence-corrected chi connectivity index (χ4v) is 4.64. The SMILES string of the molecule is O=C(/C=C/c1cccs1)Nc1nc2c(s1)CN(Cc1ccccc1)CC2. The van der Waals surface area contributed by atoms with Crippen molar-refractivity contribution in [2.45, 2.75) is 19.5 Å². The Morgan fingerprint density at radius 2 is 2.12 bits per heavy atom. The van der Waals surface area contributed by atoms with Crippen LogP contribution < -0.4 is 5.32 Å². The minimum Gasteiger partial charge on any atom is -0.298 e. The van der Waals surface area contributed by atoms with Crippen LogP contribution in [-0.4, -0.2) is 22.3 Å². The first-order chi connectivity index (χ1) is 12.8. The molecule has 1 aromatic carbocycles. The van der Waals surface area contributed by atoms with E-state index in [4.69, 9.17) is 0 Å². The Balaban J connectivity index is 1.37. The second kappa shape index (κ2) is 7.95. The Morgan fingerprint density at radius 3 is 2.92 bits per heavy atom. The molecule has 132 valence electrons. The maximum atomic E-state index is 12.1. The van der Waals surface area contributed by atoms with Crippen LogP contribution in [0, 0.1) is 0 Å². The molecule has 4 rings (SSSR count). The monoisotopic (exact) mass is 381 g/mol. The second-order valence-corrected chi connectivity index (χ2v) is 8.24. The van der Waals surface area contributed by atoms with Gasteiger partial charge in [0.05, 0.1) is 5.69 Å². The highest BCUT2D eigenvalue weighted by molar-refractivity contribution is 7.15. The van der Waals surface area contributed by atoms with Gasteiger partial charge in [-0.25, -0.2) is 4.98 Å². The summed E-state index contributed by atoms with van der Waals surface area (Å²) in [6.07, 6.45) is 4.32. The summed E-state index contributed by atoms with van der Waals surface area (Å²) < 4.78 is 0. The molecule has 1 N–H and O–H groups in total. The highest BCUT2D eigenvalue weighted by atomic mass is 32.1. The first kappa shape index (κ1) is 17.1. The zero-order chi connectivity index (χ0) is 17.8. The molecule has 0 radical (unpaired) electrons. The highest BCUT2D eigenvalue weighted by Crippen LogP contribution is 2.29. The van der Waals surface area contributed by atoms with Gasteiger partial charge in [-0.15, -0.1) is 22.7 Å². The van der Waals surface area contributed by atoms with E-state index in [0.29, 0.717) is 5.13 Å². The Hall–Kier alpha value is -2.28. The van der Waals surface area contributed by atoms with E-state index >= 15 is 0 Å². The number of fused-ring (bicyclic) bond motifs is 1. The zero-order valence-corrected chi connectivity index (χ0v) is 15.9. The summed E-state index contributed by atoms with van der Waals surface area (Å²) in [5.41, 5.74) is 2.45. The van der Waals surface area contributed by atoms with Crippen molar-refractivity contribution in [1.29, 1.82) is 0 Å². The number of benzene rings is 1. The van der Waals surface area contributed by atoms with Gasteiger partial charge in [-0.1, -0.05) is 36.4 Å². The fourth-order valence-electron chi connectivity index (χ4n) is 2.97. The lowest BCUT2D eigenvalue weighted by molar-refractivity contribution is -0.111. The summed E-state index contributed by atoms with van der Waals surface area (Å²) >= 11 is 3.19. The summed E-state index contributed by atoms with van der Waals surface area (Å²) in [4.78, 5) is 21.4. The van der Waals surface area contributed by atoms with Crippen LogP contribution in [0.1, 0.15) is 21.0 Å². The molecule has 26 heavy (non-hydrogen) atoms. The predicted molar refractivity (Wildman–Crippen MR) is 108 cm³/mol. The Morgan fingerprint density at radius 1 is 1.23 bits per heavy atom. The number of hydrogen-bond acceptors (Lipinski definition) is 5. The van der Waals surface area contributed by atoms with E-state index in [-0.39, 0.29) is 5.91 Å². The number of thiophene rings is 1. The van der Waals surface area contributed by atoms with Gasteiger partial charge in [-0.2, -0.15) is 0 Å². The van der Waals surface area contributed by atoms with Crippen molar-refractivity contribution < 1.29 is 4.79 Å². The van der Waals surface area contributed by atoms with Crippen LogP contribution in [0.4, 0.5) is 5.13 Å². The number of aromatic nitrogens is 1. The number of nitrogens with one attached hydrogen (secondary N) is 1. The fraction of sp³-hybridized carbons (Fsp3) is 0.200. The van der Waals surface area contributed by atoms with Crippen LogP contribution in [0.2, 0.25) is 0 Å². The quantitative estimate of drug-likeness (QED) is 0.666. The third-order valence-electron chi connectivity index (χ3n) is 4.23.